The van der Waals surface area contributed by atoms with Crippen LogP contribution in [0.15, 0.2) is 24.3 Å². The Morgan fingerprint density at radius 3 is 2.35 bits per heavy atom. The Hall–Kier alpha value is -2.58. The van der Waals surface area contributed by atoms with Crippen molar-refractivity contribution in [2.24, 2.45) is 0 Å². The van der Waals surface area contributed by atoms with E-state index in [4.69, 9.17) is 0 Å². The van der Waals surface area contributed by atoms with Crippen LogP contribution >= 0.6 is 0 Å². The first-order chi connectivity index (χ1) is 12.1. The third kappa shape index (κ3) is 3.13. The van der Waals surface area contributed by atoms with E-state index < -0.39 is 17.3 Å². The number of piperazine rings is 1. The third-order valence-electron chi connectivity index (χ3n) is 4.90. The monoisotopic (exact) mass is 369 g/mol. The molecule has 3 rings (SSSR count). The Bertz CT molecular complexity index is 740. The summed E-state index contributed by atoms with van der Waals surface area (Å²) >= 11 is 0. The summed E-state index contributed by atoms with van der Waals surface area (Å²) in [6.07, 6.45) is -4.08. The molecule has 1 spiro atoms. The summed E-state index contributed by atoms with van der Waals surface area (Å²) in [6, 6.07) is 4.73. The van der Waals surface area contributed by atoms with Gasteiger partial charge in [-0.3, -0.25) is 14.4 Å². The number of carbonyl (C=O) groups is 3. The second-order valence-electron chi connectivity index (χ2n) is 6.58. The minimum atomic E-state index is -4.40. The second kappa shape index (κ2) is 6.30. The number of nitrogens with one attached hydrogen (secondary N) is 1. The molecule has 6 nitrogen and oxygen atoms in total. The predicted molar refractivity (Wildman–Crippen MR) is 84.9 cm³/mol. The predicted octanol–water partition coefficient (Wildman–Crippen LogP) is 0.807. The van der Waals surface area contributed by atoms with Crippen molar-refractivity contribution in [3.05, 3.63) is 35.4 Å². The Labute approximate surface area is 147 Å². The van der Waals surface area contributed by atoms with Gasteiger partial charge in [0.15, 0.2) is 5.54 Å². The number of rotatable bonds is 3. The highest BCUT2D eigenvalue weighted by Crippen LogP contribution is 2.32. The Morgan fingerprint density at radius 2 is 1.81 bits per heavy atom. The van der Waals surface area contributed by atoms with Crippen LogP contribution in [-0.4, -0.2) is 59.2 Å². The Morgan fingerprint density at radius 1 is 1.19 bits per heavy atom. The summed E-state index contributed by atoms with van der Waals surface area (Å²) in [7, 11) is 0. The van der Waals surface area contributed by atoms with E-state index in [0.717, 1.165) is 12.1 Å². The van der Waals surface area contributed by atoms with Crippen LogP contribution in [0, 0.1) is 0 Å². The van der Waals surface area contributed by atoms with Crippen molar-refractivity contribution < 1.29 is 27.6 Å². The number of carbonyl (C=O) groups excluding carboxylic acids is 3. The van der Waals surface area contributed by atoms with Crippen molar-refractivity contribution in [1.82, 2.24) is 15.1 Å². The van der Waals surface area contributed by atoms with Gasteiger partial charge in [-0.25, -0.2) is 0 Å². The van der Waals surface area contributed by atoms with Crippen molar-refractivity contribution in [3.63, 3.8) is 0 Å². The van der Waals surface area contributed by atoms with Crippen LogP contribution in [0.25, 0.3) is 0 Å². The quantitative estimate of drug-likeness (QED) is 0.857. The van der Waals surface area contributed by atoms with E-state index in [1.807, 2.05) is 0 Å². The molecule has 1 aromatic carbocycles. The molecule has 9 heteroatoms. The molecule has 0 aromatic heterocycles. The molecule has 140 valence electrons. The summed E-state index contributed by atoms with van der Waals surface area (Å²) < 4.78 is 37.9. The first-order valence-corrected chi connectivity index (χ1v) is 8.14. The molecule has 2 aliphatic heterocycles. The molecule has 0 aliphatic carbocycles. The molecule has 26 heavy (non-hydrogen) atoms. The van der Waals surface area contributed by atoms with Crippen molar-refractivity contribution in [2.45, 2.75) is 25.1 Å². The molecule has 2 aliphatic rings. The number of amides is 3. The van der Waals surface area contributed by atoms with E-state index in [1.165, 1.54) is 28.9 Å². The Kier molecular flexibility index (Phi) is 4.41. The minimum absolute atomic E-state index is 0.117. The molecule has 2 heterocycles. The minimum Gasteiger partial charge on any atom is -0.345 e. The number of benzene rings is 1. The van der Waals surface area contributed by atoms with E-state index in [-0.39, 0.29) is 43.9 Å². The van der Waals surface area contributed by atoms with Gasteiger partial charge in [-0.1, -0.05) is 12.1 Å². The average molecular weight is 369 g/mol. The summed E-state index contributed by atoms with van der Waals surface area (Å²) in [5.41, 5.74) is -1.18. The number of hydrogen-bond acceptors (Lipinski definition) is 3. The summed E-state index contributed by atoms with van der Waals surface area (Å²) in [4.78, 5) is 39.0. The fraction of sp³-hybridized carbons (Fsp3) is 0.471. The van der Waals surface area contributed by atoms with E-state index in [1.54, 1.807) is 0 Å². The van der Waals surface area contributed by atoms with Crippen LogP contribution in [0.5, 0.6) is 0 Å². The molecular formula is C17H18F3N3O3. The van der Waals surface area contributed by atoms with Crippen molar-refractivity contribution in [2.75, 3.05) is 26.2 Å². The molecule has 0 atom stereocenters. The molecule has 0 radical (unpaired) electrons. The number of halogens is 3. The largest absolute Gasteiger partial charge is 0.416 e. The van der Waals surface area contributed by atoms with Crippen LogP contribution < -0.4 is 5.32 Å². The fourth-order valence-corrected chi connectivity index (χ4v) is 3.34. The lowest BCUT2D eigenvalue weighted by atomic mass is 9.84. The first-order valence-electron chi connectivity index (χ1n) is 8.14. The molecule has 3 amide bonds. The maximum atomic E-state index is 12.6. The lowest BCUT2D eigenvalue weighted by molar-refractivity contribution is -0.170. The summed E-state index contributed by atoms with van der Waals surface area (Å²) in [5.74, 6) is -0.745. The van der Waals surface area contributed by atoms with Crippen molar-refractivity contribution >= 4 is 17.7 Å². The van der Waals surface area contributed by atoms with Crippen molar-refractivity contribution in [3.8, 4) is 0 Å². The summed E-state index contributed by atoms with van der Waals surface area (Å²) in [6.45, 7) is 1.73. The maximum Gasteiger partial charge on any atom is 0.416 e. The van der Waals surface area contributed by atoms with Gasteiger partial charge in [0.25, 0.3) is 0 Å². The fourth-order valence-electron chi connectivity index (χ4n) is 3.34. The number of alkyl halides is 3. The molecule has 2 saturated heterocycles. The zero-order chi connectivity index (χ0) is 19.1. The van der Waals surface area contributed by atoms with Gasteiger partial charge in [0, 0.05) is 13.5 Å². The van der Waals surface area contributed by atoms with Gasteiger partial charge in [-0.05, 0) is 24.1 Å². The summed E-state index contributed by atoms with van der Waals surface area (Å²) in [5, 5.41) is 2.54. The molecular weight excluding hydrogens is 351 g/mol. The zero-order valence-corrected chi connectivity index (χ0v) is 14.1. The third-order valence-corrected chi connectivity index (χ3v) is 4.90. The molecule has 1 N–H and O–H groups in total. The van der Waals surface area contributed by atoms with Gasteiger partial charge in [0.1, 0.15) is 0 Å². The molecule has 2 fully saturated rings. The topological polar surface area (TPSA) is 69.7 Å². The number of likely N-dealkylation sites (tertiary alicyclic amines) is 1. The zero-order valence-electron chi connectivity index (χ0n) is 14.1. The lowest BCUT2D eigenvalue weighted by Crippen LogP contribution is -2.80. The van der Waals surface area contributed by atoms with Crippen LogP contribution in [0.2, 0.25) is 0 Å². The lowest BCUT2D eigenvalue weighted by Gasteiger charge is -2.55. The molecule has 0 bridgehead atoms. The number of nitrogens with zero attached hydrogens (tertiary/aromatic N) is 2. The molecule has 1 aromatic rings. The van der Waals surface area contributed by atoms with Gasteiger partial charge >= 0.3 is 6.18 Å². The van der Waals surface area contributed by atoms with Gasteiger partial charge in [-0.2, -0.15) is 13.2 Å². The van der Waals surface area contributed by atoms with E-state index in [2.05, 4.69) is 5.32 Å². The first kappa shape index (κ1) is 18.2. The van der Waals surface area contributed by atoms with Crippen LogP contribution in [0.3, 0.4) is 0 Å². The van der Waals surface area contributed by atoms with Crippen molar-refractivity contribution in [1.29, 1.82) is 0 Å². The molecule has 0 unspecified atom stereocenters. The smallest absolute Gasteiger partial charge is 0.345 e. The SMILES string of the molecule is CC(=O)N1CC2(C1)C(=O)NCC(=O)N2CCc1ccc(C(F)(F)F)cc1. The highest BCUT2D eigenvalue weighted by molar-refractivity contribution is 6.00. The van der Waals surface area contributed by atoms with E-state index in [0.29, 0.717) is 12.0 Å². The van der Waals surface area contributed by atoms with Gasteiger partial charge in [-0.15, -0.1) is 0 Å². The van der Waals surface area contributed by atoms with Crippen LogP contribution in [0.1, 0.15) is 18.1 Å². The van der Waals surface area contributed by atoms with Crippen LogP contribution in [-0.2, 0) is 27.0 Å². The van der Waals surface area contributed by atoms with E-state index >= 15 is 0 Å². The highest BCUT2D eigenvalue weighted by Gasteiger charge is 2.57. The van der Waals surface area contributed by atoms with Gasteiger partial charge in [0.05, 0.1) is 25.2 Å². The normalized spacial score (nSPS) is 19.4. The maximum absolute atomic E-state index is 12.6. The van der Waals surface area contributed by atoms with Gasteiger partial charge in [0.2, 0.25) is 17.7 Å². The average Bonchev–Trinajstić information content (AvgIpc) is 2.52. The van der Waals surface area contributed by atoms with E-state index in [9.17, 15) is 27.6 Å². The Balaban J connectivity index is 1.71. The highest BCUT2D eigenvalue weighted by atomic mass is 19.4. The standard InChI is InChI=1S/C17H18F3N3O3/c1-11(24)22-9-16(10-22)15(26)21-8-14(25)23(16)7-6-12-2-4-13(5-3-12)17(18,19)20/h2-5H,6-10H2,1H3,(H,21,26). The molecule has 0 saturated carbocycles. The van der Waals surface area contributed by atoms with Gasteiger partial charge < -0.3 is 15.1 Å². The van der Waals surface area contributed by atoms with Crippen LogP contribution in [0.4, 0.5) is 13.2 Å². The number of hydrogen-bond donors (Lipinski definition) is 1. The second-order valence-corrected chi connectivity index (χ2v) is 6.58.